The molecule has 6 heterocycles. The standard InChI is InChI=1S/C15H30N2.C13H24N2.C11H22N2.C10H18N2.C9H18N2.C7H14N2/c1-11-16-14(6,7)12(2,3)13(4,5)15(8,9)17(11)10;1-9-10(2)14-11(3)15(8)13(6,7)12(9,4)5;1-9(2)10(3,4)12-8-13(7)11(9,5)6;1-7-8(2)11-9(3)12(6)10(7,4)5;1-7-10-8(2,3)9(4,5)11(7)6;1-5-6(2)9(4)7(3)8-5/h1-10H3;1-8H3;8H,1-7H3;1-6H3;1-6H3;5-6H,1-4H3. The van der Waals surface area contributed by atoms with Gasteiger partial charge >= 0.3 is 0 Å². The van der Waals surface area contributed by atoms with E-state index in [0.29, 0.717) is 12.1 Å². The molecule has 0 saturated heterocycles. The molecule has 0 fully saturated rings. The lowest BCUT2D eigenvalue weighted by Crippen LogP contribution is -2.62. The smallest absolute Gasteiger partial charge is 0.102 e. The minimum Gasteiger partial charge on any atom is -0.360 e. The molecule has 0 aromatic rings. The Bertz CT molecular complexity index is 2350. The van der Waals surface area contributed by atoms with E-state index in [1.807, 2.05) is 6.34 Å². The number of aliphatic imine (C=N–C) groups is 6. The number of hydrogen-bond donors (Lipinski definition) is 0. The zero-order valence-electron chi connectivity index (χ0n) is 58.6. The van der Waals surface area contributed by atoms with Gasteiger partial charge in [-0.15, -0.1) is 0 Å². The molecule has 6 aliphatic rings. The Morgan fingerprint density at radius 3 is 1.09 bits per heavy atom. The average Bonchev–Trinajstić information content (AvgIpc) is 3.57. The predicted octanol–water partition coefficient (Wildman–Crippen LogP) is 15.4. The van der Waals surface area contributed by atoms with Crippen molar-refractivity contribution in [2.45, 2.75) is 299 Å². The van der Waals surface area contributed by atoms with Crippen LogP contribution in [0.4, 0.5) is 0 Å². The van der Waals surface area contributed by atoms with E-state index in [1.54, 1.807) is 0 Å². The summed E-state index contributed by atoms with van der Waals surface area (Å²) in [6.45, 7) is 77.9. The molecule has 77 heavy (non-hydrogen) atoms. The van der Waals surface area contributed by atoms with E-state index in [1.165, 1.54) is 11.1 Å². The third kappa shape index (κ3) is 13.1. The zero-order chi connectivity index (χ0) is 61.8. The van der Waals surface area contributed by atoms with Gasteiger partial charge in [0.1, 0.15) is 11.7 Å². The summed E-state index contributed by atoms with van der Waals surface area (Å²) in [5, 5.41) is 0. The van der Waals surface area contributed by atoms with Crippen LogP contribution in [0.3, 0.4) is 0 Å². The van der Waals surface area contributed by atoms with Crippen molar-refractivity contribution < 1.29 is 0 Å². The average molecular weight is 1080 g/mol. The van der Waals surface area contributed by atoms with Crippen LogP contribution in [0.2, 0.25) is 0 Å². The monoisotopic (exact) mass is 1080 g/mol. The van der Waals surface area contributed by atoms with Crippen molar-refractivity contribution in [1.29, 1.82) is 0 Å². The maximum absolute atomic E-state index is 4.98. The summed E-state index contributed by atoms with van der Waals surface area (Å²) < 4.78 is 0. The number of rotatable bonds is 0. The Morgan fingerprint density at radius 1 is 0.377 bits per heavy atom. The van der Waals surface area contributed by atoms with Gasteiger partial charge in [0.05, 0.1) is 57.6 Å². The summed E-state index contributed by atoms with van der Waals surface area (Å²) in [7, 11) is 12.7. The zero-order valence-corrected chi connectivity index (χ0v) is 58.6. The molecule has 0 aromatic carbocycles. The SMILES string of the molecule is CC1=NC(C)(C)C(C)(C)C(C)(C)C(C)(C)N1C.CC1=NC(C)(C)C(C)(C)N1C.CC1=NC(C)=C(C)C(C)(C)C(C)(C)N1C.CC1=NC(C)=C(C)C(C)(C)N1C.CC1=NC(C)C(C)N1C.CN1C=NC(C)(C)C(C)(C)C1(C)C. The van der Waals surface area contributed by atoms with Crippen LogP contribution in [0.5, 0.6) is 0 Å². The first-order chi connectivity index (χ1) is 33.8. The molecule has 6 aliphatic heterocycles. The van der Waals surface area contributed by atoms with Crippen LogP contribution in [0.15, 0.2) is 52.5 Å². The molecule has 6 rings (SSSR count). The lowest BCUT2D eigenvalue weighted by Gasteiger charge is -2.57. The van der Waals surface area contributed by atoms with E-state index in [9.17, 15) is 0 Å². The maximum Gasteiger partial charge on any atom is 0.102 e. The van der Waals surface area contributed by atoms with Gasteiger partial charge in [-0.3, -0.25) is 20.0 Å². The Labute approximate surface area is 478 Å². The van der Waals surface area contributed by atoms with E-state index in [2.05, 4.69) is 339 Å². The van der Waals surface area contributed by atoms with Gasteiger partial charge in [-0.05, 0) is 209 Å². The highest BCUT2D eigenvalue weighted by Gasteiger charge is 2.58. The quantitative estimate of drug-likeness (QED) is 0.240. The Kier molecular flexibility index (Phi) is 21.3. The lowest BCUT2D eigenvalue weighted by molar-refractivity contribution is -0.0500. The maximum atomic E-state index is 4.98. The van der Waals surface area contributed by atoms with Crippen LogP contribution in [0.1, 0.15) is 242 Å². The molecule has 0 aromatic heterocycles. The van der Waals surface area contributed by atoms with E-state index >= 15 is 0 Å². The van der Waals surface area contributed by atoms with Crippen molar-refractivity contribution in [3.05, 3.63) is 22.5 Å². The van der Waals surface area contributed by atoms with Crippen LogP contribution in [-0.4, -0.2) is 164 Å². The highest BCUT2D eigenvalue weighted by molar-refractivity contribution is 5.84. The second kappa shape index (κ2) is 23.0. The molecule has 2 unspecified atom stereocenters. The summed E-state index contributed by atoms with van der Waals surface area (Å²) in [6.07, 6.45) is 1.96. The molecule has 0 amide bonds. The Balaban J connectivity index is 0.000000467. The third-order valence-corrected chi connectivity index (χ3v) is 24.1. The lowest BCUT2D eigenvalue weighted by atomic mass is 9.52. The number of likely N-dealkylation sites (N-methyl/N-ethyl adjacent to an activating group) is 3. The Morgan fingerprint density at radius 2 is 0.753 bits per heavy atom. The van der Waals surface area contributed by atoms with Gasteiger partial charge in [-0.2, -0.15) is 0 Å². The van der Waals surface area contributed by atoms with Crippen molar-refractivity contribution in [3.8, 4) is 0 Å². The van der Waals surface area contributed by atoms with Gasteiger partial charge in [-0.1, -0.05) is 55.4 Å². The summed E-state index contributed by atoms with van der Waals surface area (Å²) >= 11 is 0. The number of nitrogens with zero attached hydrogens (tertiary/aromatic N) is 12. The highest BCUT2D eigenvalue weighted by Crippen LogP contribution is 2.57. The van der Waals surface area contributed by atoms with Crippen LogP contribution >= 0.6 is 0 Å². The highest BCUT2D eigenvalue weighted by atomic mass is 15.3. The fraction of sp³-hybridized carbons (Fsp3) is 0.846. The number of allylic oxidation sites excluding steroid dienone is 2. The fourth-order valence-corrected chi connectivity index (χ4v) is 10.9. The number of amidine groups is 5. The van der Waals surface area contributed by atoms with Crippen molar-refractivity contribution in [2.75, 3.05) is 42.3 Å². The van der Waals surface area contributed by atoms with Crippen LogP contribution in [-0.2, 0) is 0 Å². The molecule has 0 aliphatic carbocycles. The van der Waals surface area contributed by atoms with Crippen LogP contribution in [0.25, 0.3) is 0 Å². The van der Waals surface area contributed by atoms with Crippen molar-refractivity contribution >= 4 is 35.5 Å². The fourth-order valence-electron chi connectivity index (χ4n) is 10.9. The van der Waals surface area contributed by atoms with Crippen LogP contribution < -0.4 is 0 Å². The number of hydrogen-bond acceptors (Lipinski definition) is 12. The molecule has 12 nitrogen and oxygen atoms in total. The molecular weight excluding hydrogens is 949 g/mol. The van der Waals surface area contributed by atoms with Gasteiger partial charge in [0, 0.05) is 87.2 Å². The summed E-state index contributed by atoms with van der Waals surface area (Å²) in [5.74, 6) is 5.64. The van der Waals surface area contributed by atoms with Gasteiger partial charge in [0.25, 0.3) is 0 Å². The minimum atomic E-state index is -0.0530. The summed E-state index contributed by atoms with van der Waals surface area (Å²) in [4.78, 5) is 41.2. The van der Waals surface area contributed by atoms with Crippen molar-refractivity contribution in [2.24, 2.45) is 51.6 Å². The van der Waals surface area contributed by atoms with Crippen molar-refractivity contribution in [1.82, 2.24) is 29.4 Å². The molecule has 12 heteroatoms. The first kappa shape index (κ1) is 71.3. The first-order valence-corrected chi connectivity index (χ1v) is 28.9. The van der Waals surface area contributed by atoms with E-state index in [-0.39, 0.29) is 66.0 Å². The normalized spacial score (nSPS) is 27.8. The molecule has 0 saturated carbocycles. The third-order valence-electron chi connectivity index (χ3n) is 24.1. The van der Waals surface area contributed by atoms with E-state index in [4.69, 9.17) is 4.99 Å². The summed E-state index contributed by atoms with van der Waals surface area (Å²) in [5.41, 5.74) is 6.24. The molecule has 446 valence electrons. The second-order valence-electron chi connectivity index (χ2n) is 29.9. The topological polar surface area (TPSA) is 93.6 Å². The predicted molar refractivity (Wildman–Crippen MR) is 344 cm³/mol. The van der Waals surface area contributed by atoms with Crippen LogP contribution in [0, 0.1) is 21.7 Å². The van der Waals surface area contributed by atoms with E-state index in [0.717, 1.165) is 40.6 Å². The molecule has 0 radical (unpaired) electrons. The van der Waals surface area contributed by atoms with Gasteiger partial charge < -0.3 is 29.4 Å². The largest absolute Gasteiger partial charge is 0.360 e. The van der Waals surface area contributed by atoms with Gasteiger partial charge in [0.2, 0.25) is 0 Å². The molecular formula is C65H126N12. The molecule has 0 spiro atoms. The molecule has 2 atom stereocenters. The minimum absolute atomic E-state index is 0.0169. The van der Waals surface area contributed by atoms with Gasteiger partial charge in [-0.25, -0.2) is 9.98 Å². The molecule has 0 N–H and O–H groups in total. The summed E-state index contributed by atoms with van der Waals surface area (Å²) in [6, 6.07) is 1.07. The Hall–Kier alpha value is -3.70. The van der Waals surface area contributed by atoms with E-state index < -0.39 is 0 Å². The van der Waals surface area contributed by atoms with Gasteiger partial charge in [0.15, 0.2) is 0 Å². The first-order valence-electron chi connectivity index (χ1n) is 28.9. The molecule has 0 bridgehead atoms. The second-order valence-corrected chi connectivity index (χ2v) is 29.9. The van der Waals surface area contributed by atoms with Crippen molar-refractivity contribution in [3.63, 3.8) is 0 Å².